The van der Waals surface area contributed by atoms with E-state index in [1.165, 1.54) is 19.1 Å². The standard InChI is InChI=1S/C27H34N2O6/c1-7-28(8-2)13-14-29-24(18-9-12-21(34-5)22(16-18)35-6)23(26(31)27(29)32)25(30)19-10-11-20(33-4)17(3)15-19/h9-12,15-16,23-24H,7-8,13-14H2,1-6H3/p+1. The van der Waals surface area contributed by atoms with Crippen LogP contribution >= 0.6 is 0 Å². The molecule has 1 aliphatic heterocycles. The van der Waals surface area contributed by atoms with Gasteiger partial charge < -0.3 is 24.0 Å². The summed E-state index contributed by atoms with van der Waals surface area (Å²) in [5, 5.41) is 0. The van der Waals surface area contributed by atoms with Gasteiger partial charge in [-0.2, -0.15) is 0 Å². The second-order valence-corrected chi connectivity index (χ2v) is 8.66. The molecule has 1 fully saturated rings. The molecule has 1 saturated heterocycles. The van der Waals surface area contributed by atoms with Gasteiger partial charge in [0.05, 0.1) is 53.6 Å². The summed E-state index contributed by atoms with van der Waals surface area (Å²) in [5.41, 5.74) is 1.80. The highest BCUT2D eigenvalue weighted by molar-refractivity contribution is 6.44. The van der Waals surface area contributed by atoms with Crippen LogP contribution in [0.15, 0.2) is 36.4 Å². The minimum atomic E-state index is -1.15. The number of ketones is 2. The number of ether oxygens (including phenoxy) is 3. The van der Waals surface area contributed by atoms with Crippen LogP contribution in [0.2, 0.25) is 0 Å². The zero-order valence-corrected chi connectivity index (χ0v) is 21.3. The van der Waals surface area contributed by atoms with Crippen molar-refractivity contribution < 1.29 is 33.5 Å². The maximum Gasteiger partial charge on any atom is 0.291 e. The van der Waals surface area contributed by atoms with Crippen LogP contribution in [0.1, 0.15) is 41.4 Å². The molecule has 188 valence electrons. The molecular weight excluding hydrogens is 448 g/mol. The number of rotatable bonds is 11. The Balaban J connectivity index is 2.08. The van der Waals surface area contributed by atoms with Gasteiger partial charge >= 0.3 is 0 Å². The molecule has 8 heteroatoms. The Morgan fingerprint density at radius 1 is 0.914 bits per heavy atom. The average molecular weight is 484 g/mol. The highest BCUT2D eigenvalue weighted by atomic mass is 16.5. The average Bonchev–Trinajstić information content (AvgIpc) is 3.13. The topological polar surface area (TPSA) is 86.6 Å². The van der Waals surface area contributed by atoms with E-state index in [0.717, 1.165) is 18.7 Å². The van der Waals surface area contributed by atoms with Gasteiger partial charge in [0.15, 0.2) is 17.3 Å². The maximum absolute atomic E-state index is 13.7. The van der Waals surface area contributed by atoms with Crippen LogP contribution in [0.5, 0.6) is 17.2 Å². The van der Waals surface area contributed by atoms with E-state index in [4.69, 9.17) is 14.2 Å². The molecule has 0 bridgehead atoms. The van der Waals surface area contributed by atoms with E-state index in [0.29, 0.717) is 41.5 Å². The molecular formula is C27H35N2O6+. The molecule has 0 radical (unpaired) electrons. The van der Waals surface area contributed by atoms with Crippen molar-refractivity contribution in [3.63, 3.8) is 0 Å². The zero-order valence-electron chi connectivity index (χ0n) is 21.3. The second-order valence-electron chi connectivity index (χ2n) is 8.66. The number of amides is 1. The predicted octanol–water partition coefficient (Wildman–Crippen LogP) is 1.90. The lowest BCUT2D eigenvalue weighted by molar-refractivity contribution is -0.895. The Morgan fingerprint density at radius 2 is 1.54 bits per heavy atom. The van der Waals surface area contributed by atoms with Gasteiger partial charge in [-0.15, -0.1) is 0 Å². The molecule has 2 aromatic carbocycles. The molecule has 8 nitrogen and oxygen atoms in total. The van der Waals surface area contributed by atoms with Crippen molar-refractivity contribution in [2.24, 2.45) is 5.92 Å². The van der Waals surface area contributed by atoms with Gasteiger partial charge in [0.25, 0.3) is 5.91 Å². The maximum atomic E-state index is 13.7. The van der Waals surface area contributed by atoms with E-state index < -0.39 is 23.7 Å². The van der Waals surface area contributed by atoms with Gasteiger partial charge in [0.1, 0.15) is 11.7 Å². The number of benzene rings is 2. The molecule has 1 amide bonds. The van der Waals surface area contributed by atoms with Gasteiger partial charge in [-0.25, -0.2) is 0 Å². The molecule has 2 atom stereocenters. The predicted molar refractivity (Wildman–Crippen MR) is 131 cm³/mol. The summed E-state index contributed by atoms with van der Waals surface area (Å²) in [7, 11) is 4.63. The van der Waals surface area contributed by atoms with Gasteiger partial charge in [-0.05, 0) is 62.2 Å². The summed E-state index contributed by atoms with van der Waals surface area (Å²) in [6.45, 7) is 8.86. The number of carbonyl (C=O) groups is 3. The van der Waals surface area contributed by atoms with E-state index in [2.05, 4.69) is 13.8 Å². The third kappa shape index (κ3) is 5.17. The van der Waals surface area contributed by atoms with E-state index in [1.807, 2.05) is 6.92 Å². The van der Waals surface area contributed by atoms with Crippen LogP contribution < -0.4 is 19.1 Å². The number of carbonyl (C=O) groups excluding carboxylic acids is 3. The van der Waals surface area contributed by atoms with Crippen molar-refractivity contribution in [1.29, 1.82) is 0 Å². The van der Waals surface area contributed by atoms with Crippen molar-refractivity contribution in [2.45, 2.75) is 26.8 Å². The quantitative estimate of drug-likeness (QED) is 0.299. The second kappa shape index (κ2) is 11.4. The summed E-state index contributed by atoms with van der Waals surface area (Å²) in [6, 6.07) is 9.57. The van der Waals surface area contributed by atoms with Crippen LogP contribution in [-0.4, -0.2) is 69.9 Å². The molecule has 1 N–H and O–H groups in total. The molecule has 0 aliphatic carbocycles. The van der Waals surface area contributed by atoms with E-state index in [-0.39, 0.29) is 5.78 Å². The summed E-state index contributed by atoms with van der Waals surface area (Å²) in [4.78, 5) is 43.1. The SMILES string of the molecule is CC[NH+](CC)CCN1C(=O)C(=O)C(C(=O)c2ccc(OC)c(C)c2)C1c1ccc(OC)c(OC)c1. The molecule has 0 aromatic heterocycles. The smallest absolute Gasteiger partial charge is 0.291 e. The highest BCUT2D eigenvalue weighted by Gasteiger charge is 2.52. The molecule has 1 aliphatic rings. The Bertz CT molecular complexity index is 1100. The molecule has 1 heterocycles. The van der Waals surface area contributed by atoms with Crippen molar-refractivity contribution in [2.75, 3.05) is 47.5 Å². The monoisotopic (exact) mass is 483 g/mol. The summed E-state index contributed by atoms with van der Waals surface area (Å²) in [5.74, 6) is -1.20. The fraction of sp³-hybridized carbons (Fsp3) is 0.444. The van der Waals surface area contributed by atoms with Gasteiger partial charge in [0.2, 0.25) is 5.78 Å². The lowest BCUT2D eigenvalue weighted by Crippen LogP contribution is -3.12. The van der Waals surface area contributed by atoms with Gasteiger partial charge in [-0.1, -0.05) is 6.07 Å². The number of methoxy groups -OCH3 is 3. The van der Waals surface area contributed by atoms with E-state index >= 15 is 0 Å². The zero-order chi connectivity index (χ0) is 25.7. The lowest BCUT2D eigenvalue weighted by Gasteiger charge is -2.29. The summed E-state index contributed by atoms with van der Waals surface area (Å²) >= 11 is 0. The number of Topliss-reactive ketones (excluding diaryl/α,β-unsaturated/α-hetero) is 2. The molecule has 2 aromatic rings. The van der Waals surface area contributed by atoms with Crippen LogP contribution in [0.4, 0.5) is 0 Å². The summed E-state index contributed by atoms with van der Waals surface area (Å²) in [6.07, 6.45) is 0. The number of nitrogens with zero attached hydrogens (tertiary/aromatic N) is 1. The first-order valence-corrected chi connectivity index (χ1v) is 11.9. The van der Waals surface area contributed by atoms with Crippen molar-refractivity contribution in [3.8, 4) is 17.2 Å². The largest absolute Gasteiger partial charge is 0.496 e. The fourth-order valence-electron chi connectivity index (χ4n) is 4.73. The minimum Gasteiger partial charge on any atom is -0.496 e. The van der Waals surface area contributed by atoms with Gasteiger partial charge in [-0.3, -0.25) is 14.4 Å². The Kier molecular flexibility index (Phi) is 8.51. The number of hydrogen-bond donors (Lipinski definition) is 1. The summed E-state index contributed by atoms with van der Waals surface area (Å²) < 4.78 is 16.1. The first-order valence-electron chi connectivity index (χ1n) is 11.9. The number of hydrogen-bond acceptors (Lipinski definition) is 6. The molecule has 0 saturated carbocycles. The molecule has 2 unspecified atom stereocenters. The van der Waals surface area contributed by atoms with Crippen molar-refractivity contribution in [1.82, 2.24) is 4.90 Å². The number of quaternary nitrogens is 1. The van der Waals surface area contributed by atoms with Crippen LogP contribution in [-0.2, 0) is 9.59 Å². The number of likely N-dealkylation sites (tertiary alicyclic amines) is 1. The molecule has 0 spiro atoms. The lowest BCUT2D eigenvalue weighted by atomic mass is 9.85. The Hall–Kier alpha value is -3.39. The third-order valence-electron chi connectivity index (χ3n) is 6.82. The molecule has 3 rings (SSSR count). The first kappa shape index (κ1) is 26.2. The molecule has 35 heavy (non-hydrogen) atoms. The van der Waals surface area contributed by atoms with Crippen LogP contribution in [0.25, 0.3) is 0 Å². The highest BCUT2D eigenvalue weighted by Crippen LogP contribution is 2.41. The minimum absolute atomic E-state index is 0.367. The van der Waals surface area contributed by atoms with Crippen LogP contribution in [0, 0.1) is 12.8 Å². The number of likely N-dealkylation sites (N-methyl/N-ethyl adjacent to an activating group) is 1. The van der Waals surface area contributed by atoms with Crippen LogP contribution in [0.3, 0.4) is 0 Å². The Labute approximate surface area is 206 Å². The first-order chi connectivity index (χ1) is 16.8. The van der Waals surface area contributed by atoms with Gasteiger partial charge in [0, 0.05) is 5.56 Å². The number of aryl methyl sites for hydroxylation is 1. The van der Waals surface area contributed by atoms with E-state index in [9.17, 15) is 14.4 Å². The number of nitrogens with one attached hydrogen (secondary N) is 1. The Morgan fingerprint density at radius 3 is 2.11 bits per heavy atom. The van der Waals surface area contributed by atoms with E-state index in [1.54, 1.807) is 48.4 Å². The fourth-order valence-corrected chi connectivity index (χ4v) is 4.73. The normalized spacial score (nSPS) is 17.7. The van der Waals surface area contributed by atoms with Crippen molar-refractivity contribution >= 4 is 17.5 Å². The third-order valence-corrected chi connectivity index (χ3v) is 6.82. The van der Waals surface area contributed by atoms with Crippen molar-refractivity contribution in [3.05, 3.63) is 53.1 Å².